The Labute approximate surface area is 143 Å². The fraction of sp³-hybridized carbons (Fsp3) is 0.500. The molecule has 3 heteroatoms. The van der Waals surface area contributed by atoms with Crippen LogP contribution in [0, 0.1) is 0 Å². The van der Waals surface area contributed by atoms with Crippen LogP contribution in [0.5, 0.6) is 0 Å². The number of likely N-dealkylation sites (tertiary alicyclic amines) is 1. The van der Waals surface area contributed by atoms with Crippen LogP contribution in [0.2, 0.25) is 0 Å². The second-order valence-corrected chi connectivity index (χ2v) is 8.02. The van der Waals surface area contributed by atoms with Gasteiger partial charge in [0.25, 0.3) is 0 Å². The summed E-state index contributed by atoms with van der Waals surface area (Å²) in [6.45, 7) is 6.20. The molecule has 2 aromatic carbocycles. The molecule has 0 aliphatic carbocycles. The Kier molecular flexibility index (Phi) is 4.88. The van der Waals surface area contributed by atoms with Crippen molar-refractivity contribution in [3.8, 4) is 0 Å². The summed E-state index contributed by atoms with van der Waals surface area (Å²) in [4.78, 5) is 5.39. The smallest absolute Gasteiger partial charge is 0.0239 e. The fourth-order valence-corrected chi connectivity index (χ4v) is 4.99. The quantitative estimate of drug-likeness (QED) is 0.846. The molecule has 2 aromatic rings. The molecule has 2 saturated heterocycles. The maximum Gasteiger partial charge on any atom is 0.0239 e. The number of benzene rings is 2. The van der Waals surface area contributed by atoms with Crippen molar-refractivity contribution in [2.75, 3.05) is 37.7 Å². The largest absolute Gasteiger partial charge is 0.299 e. The normalized spacial score (nSPS) is 21.7. The number of hydrogen-bond donors (Lipinski definition) is 0. The average Bonchev–Trinajstić information content (AvgIpc) is 2.63. The zero-order chi connectivity index (χ0) is 15.5. The first kappa shape index (κ1) is 15.5. The van der Waals surface area contributed by atoms with E-state index in [1.54, 1.807) is 0 Å². The summed E-state index contributed by atoms with van der Waals surface area (Å²) in [6.07, 6.45) is 2.69. The van der Waals surface area contributed by atoms with Gasteiger partial charge in [-0.25, -0.2) is 0 Å². The van der Waals surface area contributed by atoms with Gasteiger partial charge >= 0.3 is 0 Å². The minimum Gasteiger partial charge on any atom is -0.299 e. The third-order valence-electron chi connectivity index (χ3n) is 5.39. The van der Waals surface area contributed by atoms with E-state index in [1.807, 2.05) is 0 Å². The molecule has 0 bridgehead atoms. The Balaban J connectivity index is 1.39. The summed E-state index contributed by atoms with van der Waals surface area (Å²) in [5, 5.41) is 2.79. The Morgan fingerprint density at radius 3 is 2.43 bits per heavy atom. The van der Waals surface area contributed by atoms with E-state index in [0.29, 0.717) is 0 Å². The second kappa shape index (κ2) is 7.25. The fourth-order valence-electron chi connectivity index (χ4n) is 4.06. The SMILES string of the molecule is c1ccc2c(CN3CCC(N4CCSCC4)CC3)cccc2c1. The minimum atomic E-state index is 0.833. The highest BCUT2D eigenvalue weighted by Crippen LogP contribution is 2.24. The van der Waals surface area contributed by atoms with Crippen molar-refractivity contribution in [3.63, 3.8) is 0 Å². The summed E-state index contributed by atoms with van der Waals surface area (Å²) in [5.74, 6) is 2.66. The standard InChI is InChI=1S/C20H26N2S/c1-2-7-20-17(4-1)5-3-6-18(20)16-21-10-8-19(9-11-21)22-12-14-23-15-13-22/h1-7,19H,8-16H2. The van der Waals surface area contributed by atoms with Crippen LogP contribution in [0.3, 0.4) is 0 Å². The Hall–Kier alpha value is -1.03. The van der Waals surface area contributed by atoms with Crippen molar-refractivity contribution in [1.29, 1.82) is 0 Å². The number of piperidine rings is 1. The van der Waals surface area contributed by atoms with Gasteiger partial charge in [0.2, 0.25) is 0 Å². The van der Waals surface area contributed by atoms with Crippen LogP contribution >= 0.6 is 11.8 Å². The van der Waals surface area contributed by atoms with Crippen LogP contribution in [0.15, 0.2) is 42.5 Å². The van der Waals surface area contributed by atoms with Crippen LogP contribution in [-0.4, -0.2) is 53.5 Å². The summed E-state index contributed by atoms with van der Waals surface area (Å²) < 4.78 is 0. The molecule has 0 aromatic heterocycles. The van der Waals surface area contributed by atoms with Crippen LogP contribution in [0.25, 0.3) is 10.8 Å². The topological polar surface area (TPSA) is 6.48 Å². The van der Waals surface area contributed by atoms with Crippen molar-refractivity contribution in [1.82, 2.24) is 9.80 Å². The molecule has 2 heterocycles. The van der Waals surface area contributed by atoms with E-state index in [2.05, 4.69) is 64.0 Å². The highest BCUT2D eigenvalue weighted by atomic mass is 32.2. The van der Waals surface area contributed by atoms with E-state index in [0.717, 1.165) is 12.6 Å². The van der Waals surface area contributed by atoms with E-state index < -0.39 is 0 Å². The lowest BCUT2D eigenvalue weighted by molar-refractivity contribution is 0.112. The van der Waals surface area contributed by atoms with Gasteiger partial charge in [0.05, 0.1) is 0 Å². The lowest BCUT2D eigenvalue weighted by atomic mass is 10.0. The maximum absolute atomic E-state index is 2.74. The second-order valence-electron chi connectivity index (χ2n) is 6.79. The number of thioether (sulfide) groups is 1. The van der Waals surface area contributed by atoms with Crippen LogP contribution < -0.4 is 0 Å². The molecule has 0 unspecified atom stereocenters. The molecule has 4 rings (SSSR count). The molecule has 23 heavy (non-hydrogen) atoms. The molecule has 0 saturated carbocycles. The van der Waals surface area contributed by atoms with E-state index >= 15 is 0 Å². The van der Waals surface area contributed by atoms with Crippen LogP contribution in [0.4, 0.5) is 0 Å². The summed E-state index contributed by atoms with van der Waals surface area (Å²) >= 11 is 2.11. The van der Waals surface area contributed by atoms with Crippen molar-refractivity contribution in [2.24, 2.45) is 0 Å². The summed E-state index contributed by atoms with van der Waals surface area (Å²) in [5.41, 5.74) is 1.48. The molecule has 0 spiro atoms. The monoisotopic (exact) mass is 326 g/mol. The Morgan fingerprint density at radius 2 is 1.61 bits per heavy atom. The average molecular weight is 327 g/mol. The summed E-state index contributed by atoms with van der Waals surface area (Å²) in [6, 6.07) is 16.3. The maximum atomic E-state index is 2.74. The molecule has 2 aliphatic rings. The van der Waals surface area contributed by atoms with E-state index in [4.69, 9.17) is 0 Å². The zero-order valence-corrected chi connectivity index (χ0v) is 14.6. The molecule has 2 fully saturated rings. The zero-order valence-electron chi connectivity index (χ0n) is 13.8. The van der Waals surface area contributed by atoms with Gasteiger partial charge in [0.1, 0.15) is 0 Å². The first-order valence-corrected chi connectivity index (χ1v) is 10.1. The molecule has 0 atom stereocenters. The lowest BCUT2D eigenvalue weighted by Gasteiger charge is -2.40. The molecular weight excluding hydrogens is 300 g/mol. The van der Waals surface area contributed by atoms with Crippen LogP contribution in [-0.2, 0) is 6.54 Å². The first-order valence-electron chi connectivity index (χ1n) is 8.91. The number of hydrogen-bond acceptors (Lipinski definition) is 3. The van der Waals surface area contributed by atoms with Crippen LogP contribution in [0.1, 0.15) is 18.4 Å². The molecule has 0 N–H and O–H groups in total. The highest BCUT2D eigenvalue weighted by Gasteiger charge is 2.25. The minimum absolute atomic E-state index is 0.833. The molecule has 2 aliphatic heterocycles. The van der Waals surface area contributed by atoms with Crippen molar-refractivity contribution in [2.45, 2.75) is 25.4 Å². The van der Waals surface area contributed by atoms with E-state index in [-0.39, 0.29) is 0 Å². The van der Waals surface area contributed by atoms with Crippen molar-refractivity contribution in [3.05, 3.63) is 48.0 Å². The molecule has 0 amide bonds. The molecule has 2 nitrogen and oxygen atoms in total. The van der Waals surface area contributed by atoms with Gasteiger partial charge in [-0.1, -0.05) is 42.5 Å². The predicted molar refractivity (Wildman–Crippen MR) is 101 cm³/mol. The molecule has 122 valence electrons. The summed E-state index contributed by atoms with van der Waals surface area (Å²) in [7, 11) is 0. The van der Waals surface area contributed by atoms with Gasteiger partial charge in [0, 0.05) is 37.2 Å². The number of rotatable bonds is 3. The Morgan fingerprint density at radius 1 is 0.870 bits per heavy atom. The first-order chi connectivity index (χ1) is 11.4. The number of fused-ring (bicyclic) bond motifs is 1. The van der Waals surface area contributed by atoms with Gasteiger partial charge < -0.3 is 0 Å². The van der Waals surface area contributed by atoms with E-state index in [1.165, 1.54) is 66.9 Å². The Bertz CT molecular complexity index is 638. The highest BCUT2D eigenvalue weighted by molar-refractivity contribution is 7.99. The molecule has 0 radical (unpaired) electrons. The van der Waals surface area contributed by atoms with Crippen molar-refractivity contribution >= 4 is 22.5 Å². The third-order valence-corrected chi connectivity index (χ3v) is 6.34. The number of nitrogens with zero attached hydrogens (tertiary/aromatic N) is 2. The third kappa shape index (κ3) is 3.57. The molecular formula is C20H26N2S. The van der Waals surface area contributed by atoms with Gasteiger partial charge in [-0.3, -0.25) is 9.80 Å². The van der Waals surface area contributed by atoms with Gasteiger partial charge in [-0.15, -0.1) is 0 Å². The lowest BCUT2D eigenvalue weighted by Crippen LogP contribution is -2.47. The van der Waals surface area contributed by atoms with Gasteiger partial charge in [0.15, 0.2) is 0 Å². The van der Waals surface area contributed by atoms with Gasteiger partial charge in [-0.05, 0) is 42.3 Å². The van der Waals surface area contributed by atoms with Crippen molar-refractivity contribution < 1.29 is 0 Å². The van der Waals surface area contributed by atoms with Gasteiger partial charge in [-0.2, -0.15) is 11.8 Å². The predicted octanol–water partition coefficient (Wildman–Crippen LogP) is 3.85. The van der Waals surface area contributed by atoms with E-state index in [9.17, 15) is 0 Å².